The summed E-state index contributed by atoms with van der Waals surface area (Å²) >= 11 is 0. The molecular weight excluding hydrogens is 174 g/mol. The minimum Gasteiger partial charge on any atom is -0.474 e. The van der Waals surface area contributed by atoms with Crippen molar-refractivity contribution >= 4 is 0 Å². The van der Waals surface area contributed by atoms with Gasteiger partial charge in [-0.1, -0.05) is 20.8 Å². The highest BCUT2D eigenvalue weighted by atomic mass is 16.5. The Morgan fingerprint density at radius 2 is 2.07 bits per heavy atom. The first-order chi connectivity index (χ1) is 6.47. The lowest BCUT2D eigenvalue weighted by Crippen LogP contribution is -2.39. The van der Waals surface area contributed by atoms with E-state index in [1.165, 1.54) is 19.3 Å². The second-order valence-electron chi connectivity index (χ2n) is 5.71. The van der Waals surface area contributed by atoms with Crippen LogP contribution in [0.2, 0.25) is 0 Å². The van der Waals surface area contributed by atoms with Gasteiger partial charge in [0.05, 0.1) is 6.04 Å². The Hall–Kier alpha value is -0.660. The van der Waals surface area contributed by atoms with Gasteiger partial charge in [0.1, 0.15) is 6.10 Å². The van der Waals surface area contributed by atoms with Crippen LogP contribution >= 0.6 is 0 Å². The molecular formula is C12H21NO. The van der Waals surface area contributed by atoms with Crippen molar-refractivity contribution in [3.8, 4) is 0 Å². The Balaban J connectivity index is 2.01. The lowest BCUT2D eigenvalue weighted by atomic mass is 9.70. The first-order valence-electron chi connectivity index (χ1n) is 5.59. The van der Waals surface area contributed by atoms with Gasteiger partial charge in [-0.3, -0.25) is 0 Å². The van der Waals surface area contributed by atoms with E-state index in [-0.39, 0.29) is 0 Å². The first-order valence-corrected chi connectivity index (χ1v) is 5.59. The molecule has 14 heavy (non-hydrogen) atoms. The van der Waals surface area contributed by atoms with Crippen LogP contribution in [0.5, 0.6) is 0 Å². The second-order valence-corrected chi connectivity index (χ2v) is 5.71. The largest absolute Gasteiger partial charge is 0.474 e. The molecule has 2 heteroatoms. The van der Waals surface area contributed by atoms with Crippen LogP contribution in [0.25, 0.3) is 0 Å². The molecule has 0 aromatic carbocycles. The van der Waals surface area contributed by atoms with E-state index in [2.05, 4.69) is 32.7 Å². The van der Waals surface area contributed by atoms with Crippen LogP contribution in [-0.2, 0) is 4.74 Å². The molecule has 1 aliphatic heterocycles. The van der Waals surface area contributed by atoms with E-state index in [0.29, 0.717) is 17.6 Å². The summed E-state index contributed by atoms with van der Waals surface area (Å²) in [5.41, 5.74) is 0.415. The van der Waals surface area contributed by atoms with Gasteiger partial charge < -0.3 is 10.1 Å². The van der Waals surface area contributed by atoms with Crippen molar-refractivity contribution in [3.05, 3.63) is 12.5 Å². The fourth-order valence-corrected chi connectivity index (χ4v) is 2.63. The van der Waals surface area contributed by atoms with Crippen LogP contribution in [0.4, 0.5) is 0 Å². The maximum absolute atomic E-state index is 5.69. The zero-order chi connectivity index (χ0) is 10.3. The molecule has 1 saturated carbocycles. The number of fused-ring (bicyclic) bond motifs is 1. The molecule has 2 rings (SSSR count). The van der Waals surface area contributed by atoms with E-state index in [1.807, 2.05) is 0 Å². The molecule has 0 radical (unpaired) electrons. The number of ether oxygens (including phenoxy) is 1. The first kappa shape index (κ1) is 9.88. The van der Waals surface area contributed by atoms with Crippen molar-refractivity contribution in [3.63, 3.8) is 0 Å². The minimum absolute atomic E-state index is 0.375. The average molecular weight is 195 g/mol. The summed E-state index contributed by atoms with van der Waals surface area (Å²) < 4.78 is 5.69. The molecule has 0 bridgehead atoms. The SMILES string of the molecule is C=C1NC2CCC(C(C)(C)C)CC2O1. The van der Waals surface area contributed by atoms with Crippen molar-refractivity contribution < 1.29 is 4.74 Å². The summed E-state index contributed by atoms with van der Waals surface area (Å²) in [5, 5.41) is 3.31. The van der Waals surface area contributed by atoms with Gasteiger partial charge in [-0.05, 0) is 37.2 Å². The smallest absolute Gasteiger partial charge is 0.179 e. The van der Waals surface area contributed by atoms with Crippen LogP contribution in [0.1, 0.15) is 40.0 Å². The summed E-state index contributed by atoms with van der Waals surface area (Å²) in [6, 6.07) is 0.529. The average Bonchev–Trinajstić information content (AvgIpc) is 2.41. The van der Waals surface area contributed by atoms with E-state index < -0.39 is 0 Å². The fourth-order valence-electron chi connectivity index (χ4n) is 2.63. The molecule has 2 nitrogen and oxygen atoms in total. The fraction of sp³-hybridized carbons (Fsp3) is 0.833. The Kier molecular flexibility index (Phi) is 2.24. The normalized spacial score (nSPS) is 37.4. The number of nitrogens with one attached hydrogen (secondary N) is 1. The Morgan fingerprint density at radius 1 is 1.36 bits per heavy atom. The summed E-state index contributed by atoms with van der Waals surface area (Å²) in [7, 11) is 0. The highest BCUT2D eigenvalue weighted by Crippen LogP contribution is 2.40. The van der Waals surface area contributed by atoms with Crippen LogP contribution < -0.4 is 5.32 Å². The van der Waals surface area contributed by atoms with Crippen LogP contribution in [0.15, 0.2) is 12.5 Å². The van der Waals surface area contributed by atoms with Crippen molar-refractivity contribution in [2.24, 2.45) is 11.3 Å². The summed E-state index contributed by atoms with van der Waals surface area (Å²) in [6.45, 7) is 10.8. The van der Waals surface area contributed by atoms with E-state index in [0.717, 1.165) is 11.8 Å². The van der Waals surface area contributed by atoms with Gasteiger partial charge in [-0.25, -0.2) is 0 Å². The third kappa shape index (κ3) is 1.75. The van der Waals surface area contributed by atoms with E-state index in [9.17, 15) is 0 Å². The molecule has 1 saturated heterocycles. The number of hydrogen-bond acceptors (Lipinski definition) is 2. The lowest BCUT2D eigenvalue weighted by molar-refractivity contribution is 0.0566. The standard InChI is InChI=1S/C12H21NO/c1-8-13-10-6-5-9(12(2,3)4)7-11(10)14-8/h9-11,13H,1,5-7H2,2-4H3. The van der Waals surface area contributed by atoms with Gasteiger partial charge >= 0.3 is 0 Å². The minimum atomic E-state index is 0.375. The molecule has 2 aliphatic rings. The molecule has 1 aliphatic carbocycles. The van der Waals surface area contributed by atoms with Gasteiger partial charge in [0.15, 0.2) is 5.88 Å². The zero-order valence-electron chi connectivity index (χ0n) is 9.47. The topological polar surface area (TPSA) is 21.3 Å². The Labute approximate surface area is 86.7 Å². The molecule has 3 atom stereocenters. The van der Waals surface area contributed by atoms with E-state index in [1.54, 1.807) is 0 Å². The van der Waals surface area contributed by atoms with Crippen molar-refractivity contribution in [2.75, 3.05) is 0 Å². The van der Waals surface area contributed by atoms with Crippen LogP contribution in [0.3, 0.4) is 0 Å². The highest BCUT2D eigenvalue weighted by molar-refractivity contribution is 5.01. The quantitative estimate of drug-likeness (QED) is 0.641. The molecule has 0 aromatic heterocycles. The molecule has 3 unspecified atom stereocenters. The van der Waals surface area contributed by atoms with Crippen molar-refractivity contribution in [1.82, 2.24) is 5.32 Å². The van der Waals surface area contributed by atoms with Crippen LogP contribution in [0, 0.1) is 11.3 Å². The van der Waals surface area contributed by atoms with Crippen LogP contribution in [-0.4, -0.2) is 12.1 Å². The summed E-state index contributed by atoms with van der Waals surface area (Å²) in [5.74, 6) is 1.56. The number of rotatable bonds is 0. The zero-order valence-corrected chi connectivity index (χ0v) is 9.47. The maximum Gasteiger partial charge on any atom is 0.179 e. The summed E-state index contributed by atoms with van der Waals surface area (Å²) in [4.78, 5) is 0. The van der Waals surface area contributed by atoms with Crippen molar-refractivity contribution in [1.29, 1.82) is 0 Å². The second kappa shape index (κ2) is 3.18. The predicted octanol–water partition coefficient (Wildman–Crippen LogP) is 2.66. The van der Waals surface area contributed by atoms with Gasteiger partial charge in [0.2, 0.25) is 0 Å². The predicted molar refractivity (Wildman–Crippen MR) is 57.7 cm³/mol. The van der Waals surface area contributed by atoms with Crippen molar-refractivity contribution in [2.45, 2.75) is 52.2 Å². The lowest BCUT2D eigenvalue weighted by Gasteiger charge is -2.37. The molecule has 80 valence electrons. The van der Waals surface area contributed by atoms with E-state index >= 15 is 0 Å². The molecule has 1 N–H and O–H groups in total. The highest BCUT2D eigenvalue weighted by Gasteiger charge is 2.40. The Morgan fingerprint density at radius 3 is 2.71 bits per heavy atom. The van der Waals surface area contributed by atoms with Gasteiger partial charge in [0, 0.05) is 0 Å². The monoisotopic (exact) mass is 195 g/mol. The summed E-state index contributed by atoms with van der Waals surface area (Å²) in [6.07, 6.45) is 4.10. The molecule has 0 spiro atoms. The number of hydrogen-bond donors (Lipinski definition) is 1. The Bertz CT molecular complexity index is 241. The van der Waals surface area contributed by atoms with E-state index in [4.69, 9.17) is 4.74 Å². The van der Waals surface area contributed by atoms with Gasteiger partial charge in [-0.15, -0.1) is 0 Å². The molecule has 0 amide bonds. The molecule has 0 aromatic rings. The third-order valence-electron chi connectivity index (χ3n) is 3.66. The molecule has 2 fully saturated rings. The molecule has 1 heterocycles. The van der Waals surface area contributed by atoms with Gasteiger partial charge in [0.25, 0.3) is 0 Å². The maximum atomic E-state index is 5.69. The van der Waals surface area contributed by atoms with Gasteiger partial charge in [-0.2, -0.15) is 0 Å². The third-order valence-corrected chi connectivity index (χ3v) is 3.66.